The molecule has 1 aromatic carbocycles. The molecule has 0 saturated carbocycles. The van der Waals surface area contributed by atoms with Gasteiger partial charge in [0.2, 0.25) is 5.44 Å². The molecule has 1 heterocycles. The second-order valence-corrected chi connectivity index (χ2v) is 7.94. The minimum atomic E-state index is -1.01. The Kier molecular flexibility index (Phi) is 8.30. The molecule has 0 saturated heterocycles. The van der Waals surface area contributed by atoms with Gasteiger partial charge in [-0.05, 0) is 60.0 Å². The van der Waals surface area contributed by atoms with Crippen molar-refractivity contribution < 1.29 is 19.2 Å². The molecule has 0 aliphatic carbocycles. The minimum Gasteiger partial charge on any atom is -0.470 e. The average Bonchev–Trinajstić information content (AvgIpc) is 2.68. The highest BCUT2D eigenvalue weighted by atomic mass is 127. The first kappa shape index (κ1) is 22.2. The SMILES string of the molecule is CON=CC(C)(C=NOC)NC(=O)C(Oc1ccc2ncc(I)cc2c1)SC. The van der Waals surface area contributed by atoms with E-state index in [2.05, 4.69) is 43.2 Å². The lowest BCUT2D eigenvalue weighted by Crippen LogP contribution is -2.52. The van der Waals surface area contributed by atoms with Gasteiger partial charge < -0.3 is 19.7 Å². The highest BCUT2D eigenvalue weighted by Crippen LogP contribution is 2.24. The number of nitrogens with one attached hydrogen (secondary N) is 1. The lowest BCUT2D eigenvalue weighted by atomic mass is 10.1. The topological polar surface area (TPSA) is 94.4 Å². The summed E-state index contributed by atoms with van der Waals surface area (Å²) in [5.74, 6) is 0.226. The largest absolute Gasteiger partial charge is 0.470 e. The zero-order chi connectivity index (χ0) is 20.6. The molecule has 0 bridgehead atoms. The normalized spacial score (nSPS) is 14.8. The molecular weight excluding hydrogens is 495 g/mol. The van der Waals surface area contributed by atoms with Gasteiger partial charge in [-0.3, -0.25) is 9.78 Å². The smallest absolute Gasteiger partial charge is 0.272 e. The van der Waals surface area contributed by atoms with Crippen LogP contribution >= 0.6 is 34.4 Å². The van der Waals surface area contributed by atoms with Crippen LogP contribution in [0.3, 0.4) is 0 Å². The number of rotatable bonds is 9. The maximum absolute atomic E-state index is 12.8. The molecule has 1 N–H and O–H groups in total. The van der Waals surface area contributed by atoms with E-state index >= 15 is 0 Å². The Balaban J connectivity index is 2.18. The Labute approximate surface area is 181 Å². The Morgan fingerprint density at radius 3 is 2.57 bits per heavy atom. The van der Waals surface area contributed by atoms with Gasteiger partial charge in [0.1, 0.15) is 25.5 Å². The van der Waals surface area contributed by atoms with Crippen molar-refractivity contribution in [1.29, 1.82) is 0 Å². The second kappa shape index (κ2) is 10.5. The molecule has 2 rings (SSSR count). The molecular formula is C18H21IN4O4S. The molecule has 1 unspecified atom stereocenters. The first-order chi connectivity index (χ1) is 13.4. The number of thioether (sulfide) groups is 1. The third-order valence-corrected chi connectivity index (χ3v) is 4.86. The van der Waals surface area contributed by atoms with E-state index in [0.717, 1.165) is 14.5 Å². The number of amides is 1. The number of oxime groups is 2. The number of halogens is 1. The van der Waals surface area contributed by atoms with Crippen LogP contribution in [0.5, 0.6) is 5.75 Å². The standard InChI is InChI=1S/C18H21IN4O4S/c1-18(10-21-25-2,11-22-26-3)23-16(24)17(28-4)27-14-5-6-15-12(8-14)7-13(19)9-20-15/h5-11,17H,1-4H3,(H,23,24). The summed E-state index contributed by atoms with van der Waals surface area (Å²) >= 11 is 3.47. The lowest BCUT2D eigenvalue weighted by Gasteiger charge is -2.24. The highest BCUT2D eigenvalue weighted by Gasteiger charge is 2.29. The summed E-state index contributed by atoms with van der Waals surface area (Å²) in [6.07, 6.45) is 6.41. The van der Waals surface area contributed by atoms with Gasteiger partial charge in [-0.1, -0.05) is 10.3 Å². The van der Waals surface area contributed by atoms with Crippen LogP contribution in [0.15, 0.2) is 40.8 Å². The molecule has 0 aliphatic rings. The van der Waals surface area contributed by atoms with Crippen LogP contribution < -0.4 is 10.1 Å². The highest BCUT2D eigenvalue weighted by molar-refractivity contribution is 14.1. The van der Waals surface area contributed by atoms with Crippen molar-refractivity contribution in [3.05, 3.63) is 34.0 Å². The lowest BCUT2D eigenvalue weighted by molar-refractivity contribution is -0.125. The van der Waals surface area contributed by atoms with E-state index in [1.54, 1.807) is 25.4 Å². The van der Waals surface area contributed by atoms with Crippen molar-refractivity contribution in [3.63, 3.8) is 0 Å². The quantitative estimate of drug-likeness (QED) is 0.238. The van der Waals surface area contributed by atoms with E-state index in [1.165, 1.54) is 38.4 Å². The third-order valence-electron chi connectivity index (χ3n) is 3.54. The van der Waals surface area contributed by atoms with Crippen LogP contribution in [-0.4, -0.2) is 54.8 Å². The van der Waals surface area contributed by atoms with Crippen LogP contribution in [0.1, 0.15) is 6.92 Å². The van der Waals surface area contributed by atoms with E-state index in [4.69, 9.17) is 14.4 Å². The Bertz CT molecular complexity index is 864. The van der Waals surface area contributed by atoms with Gasteiger partial charge in [-0.15, -0.1) is 11.8 Å². The van der Waals surface area contributed by atoms with Gasteiger partial charge in [-0.2, -0.15) is 0 Å². The van der Waals surface area contributed by atoms with Crippen LogP contribution in [0.4, 0.5) is 0 Å². The number of hydrogen-bond donors (Lipinski definition) is 1. The van der Waals surface area contributed by atoms with Gasteiger partial charge >= 0.3 is 0 Å². The maximum Gasteiger partial charge on any atom is 0.272 e. The number of ether oxygens (including phenoxy) is 1. The van der Waals surface area contributed by atoms with Gasteiger partial charge in [0.25, 0.3) is 5.91 Å². The van der Waals surface area contributed by atoms with Crippen molar-refractivity contribution in [2.75, 3.05) is 20.5 Å². The third kappa shape index (κ3) is 6.23. The van der Waals surface area contributed by atoms with E-state index in [-0.39, 0.29) is 5.91 Å². The van der Waals surface area contributed by atoms with Crippen molar-refractivity contribution >= 4 is 63.6 Å². The fourth-order valence-electron chi connectivity index (χ4n) is 2.24. The Morgan fingerprint density at radius 2 is 1.96 bits per heavy atom. The Morgan fingerprint density at radius 1 is 1.29 bits per heavy atom. The first-order valence-corrected chi connectivity index (χ1v) is 10.5. The van der Waals surface area contributed by atoms with Gasteiger partial charge in [0.05, 0.1) is 17.9 Å². The molecule has 1 amide bonds. The van der Waals surface area contributed by atoms with Crippen molar-refractivity contribution in [2.24, 2.45) is 10.3 Å². The summed E-state index contributed by atoms with van der Waals surface area (Å²) in [4.78, 5) is 26.5. The zero-order valence-corrected chi connectivity index (χ0v) is 18.9. The molecule has 28 heavy (non-hydrogen) atoms. The van der Waals surface area contributed by atoms with E-state index in [9.17, 15) is 4.79 Å². The molecule has 2 aromatic rings. The molecule has 0 fully saturated rings. The number of carbonyl (C=O) groups is 1. The molecule has 1 aromatic heterocycles. The zero-order valence-electron chi connectivity index (χ0n) is 15.9. The summed E-state index contributed by atoms with van der Waals surface area (Å²) in [5, 5.41) is 11.2. The predicted octanol–water partition coefficient (Wildman–Crippen LogP) is 3.05. The first-order valence-electron chi connectivity index (χ1n) is 8.13. The Hall–Kier alpha value is -2.08. The van der Waals surface area contributed by atoms with Crippen molar-refractivity contribution in [1.82, 2.24) is 10.3 Å². The molecule has 0 aliphatic heterocycles. The van der Waals surface area contributed by atoms with Gasteiger partial charge in [-0.25, -0.2) is 0 Å². The molecule has 10 heteroatoms. The van der Waals surface area contributed by atoms with Crippen molar-refractivity contribution in [3.8, 4) is 5.75 Å². The van der Waals surface area contributed by atoms with Gasteiger partial charge in [0, 0.05) is 15.2 Å². The number of carbonyl (C=O) groups excluding carboxylic acids is 1. The molecule has 8 nitrogen and oxygen atoms in total. The number of nitrogens with zero attached hydrogens (tertiary/aromatic N) is 3. The maximum atomic E-state index is 12.8. The summed E-state index contributed by atoms with van der Waals surface area (Å²) in [5.41, 5.74) is -0.930. The average molecular weight is 516 g/mol. The predicted molar refractivity (Wildman–Crippen MR) is 120 cm³/mol. The summed E-state index contributed by atoms with van der Waals surface area (Å²) in [7, 11) is 2.82. The van der Waals surface area contributed by atoms with Crippen molar-refractivity contribution in [2.45, 2.75) is 17.9 Å². The number of benzene rings is 1. The number of hydrogen-bond acceptors (Lipinski definition) is 8. The fraction of sp³-hybridized carbons (Fsp3) is 0.333. The molecule has 1 atom stereocenters. The van der Waals surface area contributed by atoms with Crippen LogP contribution in [0, 0.1) is 3.57 Å². The minimum absolute atomic E-state index is 0.346. The molecule has 150 valence electrons. The summed E-state index contributed by atoms with van der Waals surface area (Å²) < 4.78 is 6.92. The number of aromatic nitrogens is 1. The van der Waals surface area contributed by atoms with Crippen LogP contribution in [0.25, 0.3) is 10.9 Å². The van der Waals surface area contributed by atoms with Crippen LogP contribution in [-0.2, 0) is 14.5 Å². The number of pyridine rings is 1. The van der Waals surface area contributed by atoms with E-state index in [1.807, 2.05) is 18.2 Å². The molecule has 0 spiro atoms. The summed E-state index contributed by atoms with van der Waals surface area (Å²) in [6.45, 7) is 1.71. The van der Waals surface area contributed by atoms with Crippen LogP contribution in [0.2, 0.25) is 0 Å². The van der Waals surface area contributed by atoms with E-state index in [0.29, 0.717) is 5.75 Å². The fourth-order valence-corrected chi connectivity index (χ4v) is 3.19. The number of fused-ring (bicyclic) bond motifs is 1. The monoisotopic (exact) mass is 516 g/mol. The van der Waals surface area contributed by atoms with Gasteiger partial charge in [0.15, 0.2) is 0 Å². The molecule has 0 radical (unpaired) electrons. The van der Waals surface area contributed by atoms with E-state index < -0.39 is 11.0 Å². The summed E-state index contributed by atoms with van der Waals surface area (Å²) in [6, 6.07) is 7.51. The second-order valence-electron chi connectivity index (χ2n) is 5.80.